The summed E-state index contributed by atoms with van der Waals surface area (Å²) < 4.78 is 5.40. The first-order valence-electron chi connectivity index (χ1n) is 3.95. The Balaban J connectivity index is 2.47. The number of hydrogen-bond acceptors (Lipinski definition) is 1. The van der Waals surface area contributed by atoms with E-state index >= 15 is 0 Å². The molecule has 0 radical (unpaired) electrons. The SMILES string of the molecule is C=CC1=Cc2ccccc2CO1. The van der Waals surface area contributed by atoms with Gasteiger partial charge >= 0.3 is 0 Å². The van der Waals surface area contributed by atoms with Crippen LogP contribution in [-0.2, 0) is 11.3 Å². The second-order valence-corrected chi connectivity index (χ2v) is 2.74. The van der Waals surface area contributed by atoms with Crippen LogP contribution in [0.5, 0.6) is 0 Å². The molecule has 0 aliphatic carbocycles. The lowest BCUT2D eigenvalue weighted by Gasteiger charge is -2.15. The van der Waals surface area contributed by atoms with Crippen LogP contribution in [0.1, 0.15) is 11.1 Å². The maximum atomic E-state index is 5.40. The molecular formula is C11H10O. The maximum absolute atomic E-state index is 5.40. The number of fused-ring (bicyclic) bond motifs is 1. The molecule has 0 spiro atoms. The van der Waals surface area contributed by atoms with Gasteiger partial charge in [-0.2, -0.15) is 0 Å². The van der Waals surface area contributed by atoms with Crippen molar-refractivity contribution in [1.29, 1.82) is 0 Å². The zero-order valence-electron chi connectivity index (χ0n) is 6.79. The molecule has 1 aliphatic heterocycles. The average Bonchev–Trinajstić information content (AvgIpc) is 2.17. The molecule has 1 aromatic rings. The summed E-state index contributed by atoms with van der Waals surface area (Å²) in [6.07, 6.45) is 3.74. The molecule has 1 nitrogen and oxygen atoms in total. The van der Waals surface area contributed by atoms with E-state index in [4.69, 9.17) is 4.74 Å². The third-order valence-corrected chi connectivity index (χ3v) is 1.95. The fourth-order valence-electron chi connectivity index (χ4n) is 1.28. The molecule has 0 amide bonds. The summed E-state index contributed by atoms with van der Waals surface area (Å²) in [5.74, 6) is 0.855. The van der Waals surface area contributed by atoms with Gasteiger partial charge < -0.3 is 4.74 Å². The van der Waals surface area contributed by atoms with Crippen molar-refractivity contribution in [2.75, 3.05) is 0 Å². The quantitative estimate of drug-likeness (QED) is 0.610. The van der Waals surface area contributed by atoms with E-state index in [0.717, 1.165) is 5.76 Å². The molecule has 12 heavy (non-hydrogen) atoms. The van der Waals surface area contributed by atoms with E-state index < -0.39 is 0 Å². The van der Waals surface area contributed by atoms with Crippen LogP contribution in [0.15, 0.2) is 42.7 Å². The lowest BCUT2D eigenvalue weighted by atomic mass is 10.1. The minimum Gasteiger partial charge on any atom is -0.489 e. The molecule has 2 rings (SSSR count). The highest BCUT2D eigenvalue weighted by atomic mass is 16.5. The first-order chi connectivity index (χ1) is 5.90. The molecular weight excluding hydrogens is 148 g/mol. The van der Waals surface area contributed by atoms with E-state index in [1.165, 1.54) is 11.1 Å². The third kappa shape index (κ3) is 1.14. The Labute approximate surface area is 72.0 Å². The zero-order valence-corrected chi connectivity index (χ0v) is 6.79. The molecule has 0 aromatic heterocycles. The molecule has 0 bridgehead atoms. The van der Waals surface area contributed by atoms with Crippen molar-refractivity contribution < 1.29 is 4.74 Å². The minimum absolute atomic E-state index is 0.661. The van der Waals surface area contributed by atoms with Gasteiger partial charge in [-0.05, 0) is 23.3 Å². The van der Waals surface area contributed by atoms with Gasteiger partial charge in [0.05, 0.1) is 0 Å². The number of rotatable bonds is 1. The highest BCUT2D eigenvalue weighted by Crippen LogP contribution is 2.21. The Morgan fingerprint density at radius 2 is 2.17 bits per heavy atom. The number of hydrogen-bond donors (Lipinski definition) is 0. The Bertz CT molecular complexity index is 337. The van der Waals surface area contributed by atoms with Gasteiger partial charge in [-0.1, -0.05) is 30.8 Å². The van der Waals surface area contributed by atoms with Crippen molar-refractivity contribution >= 4 is 6.08 Å². The smallest absolute Gasteiger partial charge is 0.119 e. The van der Waals surface area contributed by atoms with Crippen LogP contribution in [0, 0.1) is 0 Å². The lowest BCUT2D eigenvalue weighted by molar-refractivity contribution is 0.209. The Kier molecular flexibility index (Phi) is 1.71. The summed E-state index contributed by atoms with van der Waals surface area (Å²) in [4.78, 5) is 0. The third-order valence-electron chi connectivity index (χ3n) is 1.95. The van der Waals surface area contributed by atoms with Crippen molar-refractivity contribution in [2.45, 2.75) is 6.61 Å². The van der Waals surface area contributed by atoms with Crippen LogP contribution >= 0.6 is 0 Å². The van der Waals surface area contributed by atoms with Crippen molar-refractivity contribution in [2.24, 2.45) is 0 Å². The van der Waals surface area contributed by atoms with Crippen LogP contribution in [0.2, 0.25) is 0 Å². The number of allylic oxidation sites excluding steroid dienone is 1. The average molecular weight is 158 g/mol. The van der Waals surface area contributed by atoms with Gasteiger partial charge in [0.25, 0.3) is 0 Å². The predicted octanol–water partition coefficient (Wildman–Crippen LogP) is 2.74. The van der Waals surface area contributed by atoms with Crippen LogP contribution in [0.25, 0.3) is 6.08 Å². The van der Waals surface area contributed by atoms with Crippen LogP contribution in [-0.4, -0.2) is 0 Å². The van der Waals surface area contributed by atoms with E-state index in [1.54, 1.807) is 6.08 Å². The van der Waals surface area contributed by atoms with Gasteiger partial charge in [0.2, 0.25) is 0 Å². The monoisotopic (exact) mass is 158 g/mol. The molecule has 0 atom stereocenters. The van der Waals surface area contributed by atoms with Crippen molar-refractivity contribution in [3.63, 3.8) is 0 Å². The van der Waals surface area contributed by atoms with Gasteiger partial charge in [-0.3, -0.25) is 0 Å². The topological polar surface area (TPSA) is 9.23 Å². The maximum Gasteiger partial charge on any atom is 0.119 e. The lowest BCUT2D eigenvalue weighted by Crippen LogP contribution is -1.99. The molecule has 0 saturated carbocycles. The predicted molar refractivity (Wildman–Crippen MR) is 49.4 cm³/mol. The summed E-state index contributed by atoms with van der Waals surface area (Å²) in [7, 11) is 0. The van der Waals surface area contributed by atoms with Gasteiger partial charge in [0.15, 0.2) is 0 Å². The number of ether oxygens (including phenoxy) is 1. The van der Waals surface area contributed by atoms with E-state index in [1.807, 2.05) is 18.2 Å². The fraction of sp³-hybridized carbons (Fsp3) is 0.0909. The molecule has 1 aromatic carbocycles. The van der Waals surface area contributed by atoms with Gasteiger partial charge in [0, 0.05) is 0 Å². The molecule has 0 fully saturated rings. The molecule has 1 heteroatoms. The zero-order chi connectivity index (χ0) is 8.39. The summed E-state index contributed by atoms with van der Waals surface area (Å²) in [5.41, 5.74) is 2.47. The first kappa shape index (κ1) is 7.17. The minimum atomic E-state index is 0.661. The van der Waals surface area contributed by atoms with Crippen LogP contribution in [0.3, 0.4) is 0 Å². The van der Waals surface area contributed by atoms with E-state index in [2.05, 4.69) is 18.7 Å². The van der Waals surface area contributed by atoms with Crippen molar-refractivity contribution in [3.8, 4) is 0 Å². The highest BCUT2D eigenvalue weighted by molar-refractivity contribution is 5.58. The van der Waals surface area contributed by atoms with E-state index in [0.29, 0.717) is 6.61 Å². The molecule has 0 N–H and O–H groups in total. The largest absolute Gasteiger partial charge is 0.489 e. The normalized spacial score (nSPS) is 14.2. The molecule has 1 aliphatic rings. The van der Waals surface area contributed by atoms with Gasteiger partial charge in [-0.15, -0.1) is 0 Å². The molecule has 0 saturated heterocycles. The van der Waals surface area contributed by atoms with Crippen molar-refractivity contribution in [1.82, 2.24) is 0 Å². The fourth-order valence-corrected chi connectivity index (χ4v) is 1.28. The van der Waals surface area contributed by atoms with Gasteiger partial charge in [-0.25, -0.2) is 0 Å². The van der Waals surface area contributed by atoms with Crippen LogP contribution in [0.4, 0.5) is 0 Å². The molecule has 1 heterocycles. The summed E-state index contributed by atoms with van der Waals surface area (Å²) in [6, 6.07) is 8.21. The van der Waals surface area contributed by atoms with Crippen LogP contribution < -0.4 is 0 Å². The second-order valence-electron chi connectivity index (χ2n) is 2.74. The highest BCUT2D eigenvalue weighted by Gasteiger charge is 2.06. The Morgan fingerprint density at radius 1 is 1.33 bits per heavy atom. The summed E-state index contributed by atoms with van der Waals surface area (Å²) >= 11 is 0. The van der Waals surface area contributed by atoms with Crippen molar-refractivity contribution in [3.05, 3.63) is 53.8 Å². The van der Waals surface area contributed by atoms with E-state index in [-0.39, 0.29) is 0 Å². The first-order valence-corrected chi connectivity index (χ1v) is 3.95. The molecule has 0 unspecified atom stereocenters. The number of benzene rings is 1. The summed E-state index contributed by atoms with van der Waals surface area (Å²) in [5, 5.41) is 0. The Morgan fingerprint density at radius 3 is 3.00 bits per heavy atom. The van der Waals surface area contributed by atoms with Gasteiger partial charge in [0.1, 0.15) is 12.4 Å². The molecule has 60 valence electrons. The summed E-state index contributed by atoms with van der Waals surface area (Å²) in [6.45, 7) is 4.32. The van der Waals surface area contributed by atoms with E-state index in [9.17, 15) is 0 Å². The Hall–Kier alpha value is -1.50. The second kappa shape index (κ2) is 2.86. The standard InChI is InChI=1S/C11H10O/c1-2-11-7-9-5-3-4-6-10(9)8-12-11/h2-7H,1,8H2.